The first-order chi connectivity index (χ1) is 36.1. The Kier molecular flexibility index (Phi) is 14.3. The van der Waals surface area contributed by atoms with Crippen LogP contribution in [0.3, 0.4) is 0 Å². The summed E-state index contributed by atoms with van der Waals surface area (Å²) in [6.45, 7) is 13.8. The average Bonchev–Trinajstić information content (AvgIpc) is 3.76. The molecule has 4 aliphatic rings. The second-order valence-corrected chi connectivity index (χ2v) is 21.9. The van der Waals surface area contributed by atoms with Gasteiger partial charge in [0.1, 0.15) is 22.9 Å². The number of aromatic nitrogens is 5. The Bertz CT molecular complexity index is 3200. The van der Waals surface area contributed by atoms with E-state index in [-0.39, 0.29) is 75.7 Å². The minimum Gasteiger partial charge on any atom is -0.508 e. The zero-order valence-electron chi connectivity index (χ0n) is 42.9. The number of carbonyl (C=O) groups excluding carboxylic acids is 2. The van der Waals surface area contributed by atoms with Crippen LogP contribution in [0.25, 0.3) is 17.1 Å². The number of piperidine rings is 2. The molecule has 0 aliphatic carbocycles. The monoisotopic (exact) mass is 1040 g/mol. The summed E-state index contributed by atoms with van der Waals surface area (Å²) in [7, 11) is -2.36. The molecule has 3 saturated heterocycles. The highest BCUT2D eigenvalue weighted by molar-refractivity contribution is 7.92. The average molecular weight is 1040 g/mol. The Morgan fingerprint density at radius 3 is 2.21 bits per heavy atom. The Balaban J connectivity index is 0.700. The minimum atomic E-state index is -3.93. The number of ether oxygens (including phenoxy) is 1. The third-order valence-corrected chi connectivity index (χ3v) is 16.0. The molecule has 6 heterocycles. The predicted molar refractivity (Wildman–Crippen MR) is 286 cm³/mol. The van der Waals surface area contributed by atoms with Gasteiger partial charge in [-0.25, -0.2) is 22.3 Å². The molecule has 4 aromatic carbocycles. The van der Waals surface area contributed by atoms with E-state index < -0.39 is 10.0 Å². The van der Waals surface area contributed by atoms with Crippen molar-refractivity contribution in [2.45, 2.75) is 65.0 Å². The lowest BCUT2D eigenvalue weighted by molar-refractivity contribution is -0.137. The molecule has 4 N–H and O–H groups in total. The lowest BCUT2D eigenvalue weighted by Gasteiger charge is -2.43. The first-order valence-electron chi connectivity index (χ1n) is 25.6. The number of nitrogens with one attached hydrogen (secondary N) is 1. The molecule has 4 aliphatic heterocycles. The standard InChI is InChI=1S/C54H64N12O8S/c1-6-74-48-29-39(15-16-43(48)56-53-55-32-45-50(57-53)66(75(5,72)73)44-10-8-7-9-40(44)52(70)60(45)4)62-21-17-36(18-22-62)51(69)64-23-19-37(20-24-64)63-27-25-61(26-28-63)33-35-11-13-38(14-12-35)65-49(58-59-54(65)71)42-30-41(34(2)3)46(67)31-47(42)68/h7-16,29-32,34,36-37,67-68H,6,17-28,33H2,1-5H3,(H,59,71)(H,55,56,57). The van der Waals surface area contributed by atoms with E-state index in [2.05, 4.69) is 45.1 Å². The number of amides is 2. The number of likely N-dealkylation sites (tertiary alicyclic amines) is 1. The molecule has 0 radical (unpaired) electrons. The van der Waals surface area contributed by atoms with E-state index in [0.717, 1.165) is 106 Å². The number of para-hydroxylation sites is 1. The molecule has 10 rings (SSSR count). The number of piperazine rings is 1. The lowest BCUT2D eigenvalue weighted by atomic mass is 9.93. The van der Waals surface area contributed by atoms with Gasteiger partial charge in [0.05, 0.1) is 47.2 Å². The molecule has 6 aromatic rings. The molecule has 394 valence electrons. The van der Waals surface area contributed by atoms with Crippen molar-refractivity contribution in [1.82, 2.24) is 39.4 Å². The van der Waals surface area contributed by atoms with Crippen molar-refractivity contribution in [2.24, 2.45) is 5.92 Å². The molecule has 0 bridgehead atoms. The number of fused-ring (bicyclic) bond motifs is 2. The van der Waals surface area contributed by atoms with Crippen LogP contribution in [-0.2, 0) is 21.4 Å². The van der Waals surface area contributed by atoms with Crippen molar-refractivity contribution in [3.8, 4) is 40.3 Å². The molecule has 0 saturated carbocycles. The molecule has 2 amide bonds. The van der Waals surface area contributed by atoms with Crippen LogP contribution in [0.5, 0.6) is 23.3 Å². The summed E-state index contributed by atoms with van der Waals surface area (Å²) in [6, 6.07) is 23.4. The maximum absolute atomic E-state index is 13.9. The van der Waals surface area contributed by atoms with Gasteiger partial charge in [0, 0.05) is 95.7 Å². The molecule has 21 heteroatoms. The number of hydrogen-bond donors (Lipinski definition) is 4. The number of phenols is 2. The summed E-state index contributed by atoms with van der Waals surface area (Å²) in [4.78, 5) is 47.2. The fraction of sp³-hybridized carbons (Fsp3) is 0.407. The van der Waals surface area contributed by atoms with Gasteiger partial charge in [0.2, 0.25) is 21.9 Å². The highest BCUT2D eigenvalue weighted by Crippen LogP contribution is 2.43. The molecule has 2 aromatic heterocycles. The van der Waals surface area contributed by atoms with Gasteiger partial charge in [-0.05, 0) is 92.1 Å². The summed E-state index contributed by atoms with van der Waals surface area (Å²) < 4.78 is 35.2. The minimum absolute atomic E-state index is 0.00153. The van der Waals surface area contributed by atoms with Crippen molar-refractivity contribution in [3.05, 3.63) is 102 Å². The summed E-state index contributed by atoms with van der Waals surface area (Å²) in [5.41, 5.74) is 5.02. The van der Waals surface area contributed by atoms with Gasteiger partial charge < -0.3 is 40.1 Å². The van der Waals surface area contributed by atoms with Crippen LogP contribution >= 0.6 is 0 Å². The van der Waals surface area contributed by atoms with E-state index in [1.807, 2.05) is 63.2 Å². The number of benzene rings is 4. The third kappa shape index (κ3) is 10.4. The van der Waals surface area contributed by atoms with Gasteiger partial charge in [-0.1, -0.05) is 43.2 Å². The first-order valence-corrected chi connectivity index (χ1v) is 27.5. The van der Waals surface area contributed by atoms with Crippen molar-refractivity contribution in [3.63, 3.8) is 0 Å². The number of rotatable bonds is 13. The molecular formula is C54H64N12O8S. The number of anilines is 6. The van der Waals surface area contributed by atoms with Crippen LogP contribution in [-0.4, -0.2) is 153 Å². The molecule has 0 unspecified atom stereocenters. The molecule has 75 heavy (non-hydrogen) atoms. The number of nitrogens with zero attached hydrogens (tertiary/aromatic N) is 11. The summed E-state index contributed by atoms with van der Waals surface area (Å²) in [6.07, 6.45) is 5.94. The maximum atomic E-state index is 13.9. The van der Waals surface area contributed by atoms with Crippen molar-refractivity contribution < 1.29 is 38.1 Å². The highest BCUT2D eigenvalue weighted by atomic mass is 32.2. The number of carbonyl (C=O) groups is 2. The second kappa shape index (κ2) is 21.0. The van der Waals surface area contributed by atoms with E-state index in [1.165, 1.54) is 21.7 Å². The van der Waals surface area contributed by atoms with Gasteiger partial charge in [0.25, 0.3) is 5.91 Å². The number of hydrogen-bond acceptors (Lipinski definition) is 16. The second-order valence-electron chi connectivity index (χ2n) is 20.1. The van der Waals surface area contributed by atoms with Gasteiger partial charge in [-0.2, -0.15) is 4.98 Å². The number of aromatic hydroxyl groups is 3. The Hall–Kier alpha value is -7.49. The van der Waals surface area contributed by atoms with Crippen LogP contribution in [0, 0.1) is 5.92 Å². The Labute approximate surface area is 436 Å². The smallest absolute Gasteiger partial charge is 0.319 e. The molecular weight excluding hydrogens is 977 g/mol. The van der Waals surface area contributed by atoms with E-state index in [9.17, 15) is 33.3 Å². The fourth-order valence-corrected chi connectivity index (χ4v) is 11.9. The van der Waals surface area contributed by atoms with Crippen molar-refractivity contribution in [2.75, 3.05) is 91.7 Å². The van der Waals surface area contributed by atoms with Crippen LogP contribution in [0.1, 0.15) is 73.9 Å². The predicted octanol–water partition coefficient (Wildman–Crippen LogP) is 6.82. The van der Waals surface area contributed by atoms with Gasteiger partial charge in [0.15, 0.2) is 11.6 Å². The number of sulfonamides is 1. The lowest BCUT2D eigenvalue weighted by Crippen LogP contribution is -2.54. The maximum Gasteiger partial charge on any atom is 0.319 e. The van der Waals surface area contributed by atoms with E-state index in [4.69, 9.17) is 4.74 Å². The van der Waals surface area contributed by atoms with E-state index in [1.54, 1.807) is 37.4 Å². The third-order valence-electron chi connectivity index (χ3n) is 15.0. The fourth-order valence-electron chi connectivity index (χ4n) is 10.9. The normalized spacial score (nSPS) is 17.3. The van der Waals surface area contributed by atoms with Crippen molar-refractivity contribution >= 4 is 56.4 Å². The summed E-state index contributed by atoms with van der Waals surface area (Å²) >= 11 is 0. The summed E-state index contributed by atoms with van der Waals surface area (Å²) in [5.74, 6) is 0.690. The molecule has 20 nitrogen and oxygen atoms in total. The van der Waals surface area contributed by atoms with E-state index >= 15 is 0 Å². The summed E-state index contributed by atoms with van der Waals surface area (Å²) in [5, 5.41) is 43.1. The Morgan fingerprint density at radius 1 is 0.813 bits per heavy atom. The van der Waals surface area contributed by atoms with Gasteiger partial charge in [-0.15, -0.1) is 5.10 Å². The van der Waals surface area contributed by atoms with Gasteiger partial charge >= 0.3 is 6.01 Å². The quantitative estimate of drug-likeness (QED) is 0.0931. The van der Waals surface area contributed by atoms with Crippen LogP contribution < -0.4 is 24.2 Å². The topological polar surface area (TPSA) is 226 Å². The highest BCUT2D eigenvalue weighted by Gasteiger charge is 2.37. The first kappa shape index (κ1) is 51.0. The largest absolute Gasteiger partial charge is 0.508 e. The Morgan fingerprint density at radius 2 is 1.52 bits per heavy atom. The molecule has 0 spiro atoms. The van der Waals surface area contributed by atoms with Crippen LogP contribution in [0.2, 0.25) is 0 Å². The zero-order valence-corrected chi connectivity index (χ0v) is 43.7. The SMILES string of the molecule is CCOc1cc(N2CCC(C(=O)N3CCC(N4CCN(Cc5ccc(-n6c(O)nnc6-c6cc(C(C)C)c(O)cc6O)cc5)CC4)CC3)CC2)ccc1Nc1ncc2c(n1)N(S(C)(=O)=O)c1ccccc1C(=O)N2C. The van der Waals surface area contributed by atoms with Crippen LogP contribution in [0.4, 0.5) is 34.5 Å². The molecule has 0 atom stereocenters. The number of phenolic OH excluding ortho intramolecular Hbond substituents is 2. The van der Waals surface area contributed by atoms with Gasteiger partial charge in [-0.3, -0.25) is 19.4 Å². The van der Waals surface area contributed by atoms with Crippen molar-refractivity contribution in [1.29, 1.82) is 0 Å². The van der Waals surface area contributed by atoms with E-state index in [0.29, 0.717) is 40.9 Å². The molecule has 3 fully saturated rings. The zero-order chi connectivity index (χ0) is 52.7. The van der Waals surface area contributed by atoms with Crippen LogP contribution in [0.15, 0.2) is 85.1 Å².